The van der Waals surface area contributed by atoms with Gasteiger partial charge in [0.15, 0.2) is 0 Å². The number of hydrogen-bond donors (Lipinski definition) is 1. The second-order valence-electron chi connectivity index (χ2n) is 8.84. The third-order valence-corrected chi connectivity index (χ3v) is 7.06. The Kier molecular flexibility index (Phi) is 8.87. The molecule has 0 saturated heterocycles. The van der Waals surface area contributed by atoms with Crippen LogP contribution in [0, 0.1) is 0 Å². The third-order valence-electron chi connectivity index (χ3n) is 6.32. The van der Waals surface area contributed by atoms with Crippen LogP contribution >= 0.6 is 23.2 Å². The van der Waals surface area contributed by atoms with Crippen molar-refractivity contribution in [2.24, 2.45) is 0 Å². The number of carbonyl (C=O) groups excluding carboxylic acids is 1. The molecule has 0 spiro atoms. The normalized spacial score (nSPS) is 11.9. The van der Waals surface area contributed by atoms with Crippen molar-refractivity contribution in [1.29, 1.82) is 0 Å². The second-order valence-corrected chi connectivity index (χ2v) is 9.65. The summed E-state index contributed by atoms with van der Waals surface area (Å²) in [6.07, 6.45) is 0.382. The van der Waals surface area contributed by atoms with Crippen LogP contribution in [0.5, 0.6) is 5.75 Å². The lowest BCUT2D eigenvalue weighted by atomic mass is 9.99. The highest BCUT2D eigenvalue weighted by Crippen LogP contribution is 2.25. The fraction of sp³-hybridized carbons (Fsp3) is 0.233. The molecule has 1 unspecified atom stereocenters. The molecule has 1 N–H and O–H groups in total. The minimum atomic E-state index is 0.0644. The molecule has 36 heavy (non-hydrogen) atoms. The highest BCUT2D eigenvalue weighted by molar-refractivity contribution is 6.42. The van der Waals surface area contributed by atoms with E-state index in [0.717, 1.165) is 16.9 Å². The maximum Gasteiger partial charge on any atom is 0.224 e. The van der Waals surface area contributed by atoms with Crippen molar-refractivity contribution in [3.63, 3.8) is 0 Å². The first kappa shape index (κ1) is 26.0. The van der Waals surface area contributed by atoms with Gasteiger partial charge in [0, 0.05) is 32.1 Å². The van der Waals surface area contributed by atoms with Crippen molar-refractivity contribution in [2.45, 2.75) is 32.5 Å². The van der Waals surface area contributed by atoms with E-state index >= 15 is 0 Å². The van der Waals surface area contributed by atoms with Crippen molar-refractivity contribution < 1.29 is 9.53 Å². The lowest BCUT2D eigenvalue weighted by Crippen LogP contribution is -2.33. The molecule has 1 amide bonds. The van der Waals surface area contributed by atoms with Gasteiger partial charge in [0.05, 0.1) is 17.2 Å². The molecule has 6 heteroatoms. The van der Waals surface area contributed by atoms with Crippen LogP contribution in [0.3, 0.4) is 0 Å². The van der Waals surface area contributed by atoms with Crippen molar-refractivity contribution in [3.8, 4) is 5.75 Å². The largest absolute Gasteiger partial charge is 0.497 e. The van der Waals surface area contributed by atoms with Crippen LogP contribution in [0.4, 0.5) is 0 Å². The van der Waals surface area contributed by atoms with E-state index < -0.39 is 0 Å². The number of fused-ring (bicyclic) bond motifs is 1. The van der Waals surface area contributed by atoms with Crippen LogP contribution in [0.15, 0.2) is 84.9 Å². The second kappa shape index (κ2) is 12.3. The van der Waals surface area contributed by atoms with Gasteiger partial charge in [-0.2, -0.15) is 0 Å². The van der Waals surface area contributed by atoms with Crippen LogP contribution in [0.1, 0.15) is 36.1 Å². The monoisotopic (exact) mass is 520 g/mol. The molecule has 4 rings (SSSR count). The number of hydrogen-bond acceptors (Lipinski definition) is 3. The van der Waals surface area contributed by atoms with Gasteiger partial charge in [-0.05, 0) is 58.7 Å². The molecular weight excluding hydrogens is 491 g/mol. The van der Waals surface area contributed by atoms with Gasteiger partial charge in [0.2, 0.25) is 5.91 Å². The Morgan fingerprint density at radius 3 is 2.33 bits per heavy atom. The first-order valence-electron chi connectivity index (χ1n) is 12.0. The molecular formula is C30H30Cl2N2O2. The number of halogens is 2. The first-order valence-corrected chi connectivity index (χ1v) is 12.8. The Bertz CT molecular complexity index is 1320. The van der Waals surface area contributed by atoms with E-state index in [0.29, 0.717) is 36.1 Å². The van der Waals surface area contributed by atoms with Crippen molar-refractivity contribution in [3.05, 3.63) is 112 Å². The molecule has 0 bridgehead atoms. The molecule has 1 atom stereocenters. The Balaban J connectivity index is 1.44. The predicted octanol–water partition coefficient (Wildman–Crippen LogP) is 7.42. The van der Waals surface area contributed by atoms with Gasteiger partial charge >= 0.3 is 0 Å². The quantitative estimate of drug-likeness (QED) is 0.236. The highest BCUT2D eigenvalue weighted by Gasteiger charge is 2.17. The Hall–Kier alpha value is -3.05. The molecule has 0 aliphatic rings. The van der Waals surface area contributed by atoms with Gasteiger partial charge in [-0.25, -0.2) is 0 Å². The number of rotatable bonds is 10. The average Bonchev–Trinajstić information content (AvgIpc) is 2.90. The Morgan fingerprint density at radius 2 is 1.58 bits per heavy atom. The lowest BCUT2D eigenvalue weighted by Gasteiger charge is -2.24. The Labute approximate surface area is 222 Å². The number of ether oxygens (including phenoxy) is 1. The summed E-state index contributed by atoms with van der Waals surface area (Å²) in [5.41, 5.74) is 3.19. The smallest absolute Gasteiger partial charge is 0.224 e. The van der Waals surface area contributed by atoms with Crippen LogP contribution in [-0.4, -0.2) is 24.5 Å². The SMILES string of the molecule is COc1ccc(CN(Cc2ccc(Cl)c(Cl)c2)C(=O)CCNC(C)c2cccc3ccccc23)cc1. The number of nitrogens with zero attached hydrogens (tertiary/aromatic N) is 1. The van der Waals surface area contributed by atoms with Crippen LogP contribution in [0.2, 0.25) is 10.0 Å². The van der Waals surface area contributed by atoms with E-state index in [1.807, 2.05) is 47.4 Å². The molecule has 0 saturated carbocycles. The summed E-state index contributed by atoms with van der Waals surface area (Å²) in [5.74, 6) is 0.849. The van der Waals surface area contributed by atoms with E-state index in [1.54, 1.807) is 13.2 Å². The van der Waals surface area contributed by atoms with E-state index in [-0.39, 0.29) is 11.9 Å². The zero-order valence-corrected chi connectivity index (χ0v) is 22.0. The van der Waals surface area contributed by atoms with Crippen LogP contribution in [0.25, 0.3) is 10.8 Å². The van der Waals surface area contributed by atoms with Gasteiger partial charge in [-0.15, -0.1) is 0 Å². The molecule has 4 aromatic carbocycles. The molecule has 0 aliphatic carbocycles. The number of benzene rings is 4. The van der Waals surface area contributed by atoms with E-state index in [9.17, 15) is 4.79 Å². The van der Waals surface area contributed by atoms with Crippen molar-refractivity contribution in [2.75, 3.05) is 13.7 Å². The maximum absolute atomic E-state index is 13.4. The van der Waals surface area contributed by atoms with Gasteiger partial charge in [0.1, 0.15) is 5.75 Å². The van der Waals surface area contributed by atoms with Gasteiger partial charge < -0.3 is 15.0 Å². The third kappa shape index (κ3) is 6.58. The average molecular weight is 521 g/mol. The first-order chi connectivity index (χ1) is 17.4. The summed E-state index contributed by atoms with van der Waals surface area (Å²) in [6.45, 7) is 3.64. The number of carbonyl (C=O) groups is 1. The van der Waals surface area contributed by atoms with Crippen LogP contribution < -0.4 is 10.1 Å². The van der Waals surface area contributed by atoms with Crippen molar-refractivity contribution >= 4 is 39.9 Å². The lowest BCUT2D eigenvalue weighted by molar-refractivity contribution is -0.132. The van der Waals surface area contributed by atoms with Crippen molar-refractivity contribution in [1.82, 2.24) is 10.2 Å². The molecule has 0 aliphatic heterocycles. The standard InChI is InChI=1S/C30H30Cl2N2O2/c1-21(26-9-5-7-24-6-3-4-8-27(24)26)33-17-16-30(35)34(19-22-10-13-25(36-2)14-11-22)20-23-12-15-28(31)29(32)18-23/h3-15,18,21,33H,16-17,19-20H2,1-2H3. The van der Waals surface area contributed by atoms with Gasteiger partial charge in [-0.3, -0.25) is 4.79 Å². The summed E-state index contributed by atoms with van der Waals surface area (Å²) in [6, 6.07) is 28.1. The summed E-state index contributed by atoms with van der Waals surface area (Å²) < 4.78 is 5.26. The molecule has 4 aromatic rings. The topological polar surface area (TPSA) is 41.6 Å². The molecule has 4 nitrogen and oxygen atoms in total. The molecule has 0 heterocycles. The summed E-state index contributed by atoms with van der Waals surface area (Å²) >= 11 is 12.3. The number of amides is 1. The zero-order chi connectivity index (χ0) is 25.5. The fourth-order valence-electron chi connectivity index (χ4n) is 4.33. The molecule has 186 valence electrons. The maximum atomic E-state index is 13.4. The molecule has 0 fully saturated rings. The predicted molar refractivity (Wildman–Crippen MR) is 149 cm³/mol. The summed E-state index contributed by atoms with van der Waals surface area (Å²) in [4.78, 5) is 15.2. The highest BCUT2D eigenvalue weighted by atomic mass is 35.5. The Morgan fingerprint density at radius 1 is 0.889 bits per heavy atom. The minimum absolute atomic E-state index is 0.0644. The minimum Gasteiger partial charge on any atom is -0.497 e. The number of methoxy groups -OCH3 is 1. The van der Waals surface area contributed by atoms with Gasteiger partial charge in [-0.1, -0.05) is 83.9 Å². The fourth-order valence-corrected chi connectivity index (χ4v) is 4.65. The van der Waals surface area contributed by atoms with Crippen LogP contribution in [-0.2, 0) is 17.9 Å². The molecule has 0 aromatic heterocycles. The van der Waals surface area contributed by atoms with E-state index in [2.05, 4.69) is 48.6 Å². The molecule has 0 radical (unpaired) electrons. The van der Waals surface area contributed by atoms with E-state index in [1.165, 1.54) is 16.3 Å². The zero-order valence-electron chi connectivity index (χ0n) is 20.5. The van der Waals surface area contributed by atoms with E-state index in [4.69, 9.17) is 27.9 Å². The van der Waals surface area contributed by atoms with Gasteiger partial charge in [0.25, 0.3) is 0 Å². The summed E-state index contributed by atoms with van der Waals surface area (Å²) in [5, 5.41) is 6.96. The number of nitrogens with one attached hydrogen (secondary N) is 1. The summed E-state index contributed by atoms with van der Waals surface area (Å²) in [7, 11) is 1.64.